The van der Waals surface area contributed by atoms with Crippen molar-refractivity contribution in [2.75, 3.05) is 19.8 Å². The van der Waals surface area contributed by atoms with Crippen LogP contribution in [0.2, 0.25) is 0 Å². The molecule has 2 N–H and O–H groups in total. The standard InChI is InChI=1S/C22H25FN2O3/c1-2-28-13-5-12-24-14-19-18-6-3-4-7-20(18)25(21(19)22(26)27)15-16-8-10-17(23)11-9-16/h3-4,6-11,24H,2,5,12-15H2,1H3,(H,26,27). The van der Waals surface area contributed by atoms with E-state index < -0.39 is 5.97 Å². The summed E-state index contributed by atoms with van der Waals surface area (Å²) in [5, 5.41) is 14.2. The molecule has 148 valence electrons. The lowest BCUT2D eigenvalue weighted by atomic mass is 10.1. The summed E-state index contributed by atoms with van der Waals surface area (Å²) in [6, 6.07) is 13.8. The van der Waals surface area contributed by atoms with Gasteiger partial charge in [-0.2, -0.15) is 0 Å². The summed E-state index contributed by atoms with van der Waals surface area (Å²) in [6.45, 7) is 4.91. The van der Waals surface area contributed by atoms with Crippen molar-refractivity contribution < 1.29 is 19.0 Å². The highest BCUT2D eigenvalue weighted by molar-refractivity contribution is 5.98. The Labute approximate surface area is 163 Å². The van der Waals surface area contributed by atoms with Crippen LogP contribution in [-0.4, -0.2) is 35.4 Å². The van der Waals surface area contributed by atoms with Gasteiger partial charge in [0.15, 0.2) is 0 Å². The van der Waals surface area contributed by atoms with Gasteiger partial charge in [0.2, 0.25) is 0 Å². The minimum Gasteiger partial charge on any atom is -0.477 e. The summed E-state index contributed by atoms with van der Waals surface area (Å²) in [6.07, 6.45) is 0.866. The van der Waals surface area contributed by atoms with Gasteiger partial charge in [0.05, 0.1) is 0 Å². The Morgan fingerprint density at radius 3 is 2.64 bits per heavy atom. The number of hydrogen-bond donors (Lipinski definition) is 2. The molecule has 0 aliphatic carbocycles. The van der Waals surface area contributed by atoms with Gasteiger partial charge in [-0.1, -0.05) is 30.3 Å². The fourth-order valence-electron chi connectivity index (χ4n) is 3.39. The lowest BCUT2D eigenvalue weighted by molar-refractivity contribution is 0.0684. The maximum atomic E-state index is 13.2. The number of carboxylic acids is 1. The van der Waals surface area contributed by atoms with Gasteiger partial charge in [0.1, 0.15) is 11.5 Å². The Hall–Kier alpha value is -2.70. The monoisotopic (exact) mass is 384 g/mol. The van der Waals surface area contributed by atoms with Gasteiger partial charge < -0.3 is 19.7 Å². The van der Waals surface area contributed by atoms with E-state index in [1.54, 1.807) is 16.7 Å². The second kappa shape index (κ2) is 9.48. The van der Waals surface area contributed by atoms with E-state index in [1.165, 1.54) is 12.1 Å². The number of carboxylic acid groups (broad SMARTS) is 1. The molecule has 0 saturated carbocycles. The van der Waals surface area contributed by atoms with Crippen LogP contribution in [0.15, 0.2) is 48.5 Å². The molecule has 28 heavy (non-hydrogen) atoms. The van der Waals surface area contributed by atoms with Crippen molar-refractivity contribution in [3.05, 3.63) is 71.2 Å². The van der Waals surface area contributed by atoms with Crippen molar-refractivity contribution in [2.45, 2.75) is 26.4 Å². The zero-order chi connectivity index (χ0) is 19.9. The molecule has 0 amide bonds. The maximum Gasteiger partial charge on any atom is 0.352 e. The normalized spacial score (nSPS) is 11.2. The van der Waals surface area contributed by atoms with Crippen LogP contribution in [0, 0.1) is 5.82 Å². The molecule has 1 aromatic heterocycles. The Kier molecular flexibility index (Phi) is 6.79. The number of benzene rings is 2. The van der Waals surface area contributed by atoms with E-state index in [2.05, 4.69) is 5.32 Å². The molecule has 0 spiro atoms. The average Bonchev–Trinajstić information content (AvgIpc) is 3.00. The summed E-state index contributed by atoms with van der Waals surface area (Å²) in [5.74, 6) is -1.28. The molecule has 2 aromatic carbocycles. The lowest BCUT2D eigenvalue weighted by Crippen LogP contribution is -2.19. The molecule has 0 atom stereocenters. The van der Waals surface area contributed by atoms with Crippen molar-refractivity contribution in [3.63, 3.8) is 0 Å². The third-order valence-electron chi connectivity index (χ3n) is 4.68. The van der Waals surface area contributed by atoms with Crippen LogP contribution in [0.5, 0.6) is 0 Å². The molecule has 6 heteroatoms. The second-order valence-corrected chi connectivity index (χ2v) is 6.59. The highest BCUT2D eigenvalue weighted by atomic mass is 19.1. The molecule has 0 radical (unpaired) electrons. The highest BCUT2D eigenvalue weighted by Crippen LogP contribution is 2.27. The van der Waals surface area contributed by atoms with E-state index in [0.29, 0.717) is 26.3 Å². The van der Waals surface area contributed by atoms with Crippen LogP contribution in [0.4, 0.5) is 4.39 Å². The van der Waals surface area contributed by atoms with Gasteiger partial charge in [-0.25, -0.2) is 9.18 Å². The molecule has 0 fully saturated rings. The number of nitrogens with zero attached hydrogens (tertiary/aromatic N) is 1. The number of aromatic nitrogens is 1. The minimum absolute atomic E-state index is 0.267. The van der Waals surface area contributed by atoms with E-state index in [1.807, 2.05) is 31.2 Å². The molecule has 3 rings (SSSR count). The van der Waals surface area contributed by atoms with E-state index >= 15 is 0 Å². The Balaban J connectivity index is 1.90. The number of halogens is 1. The molecular weight excluding hydrogens is 359 g/mol. The van der Waals surface area contributed by atoms with Crippen molar-refractivity contribution in [1.29, 1.82) is 0 Å². The molecule has 3 aromatic rings. The van der Waals surface area contributed by atoms with Crippen LogP contribution in [0.3, 0.4) is 0 Å². The molecule has 5 nitrogen and oxygen atoms in total. The van der Waals surface area contributed by atoms with Gasteiger partial charge >= 0.3 is 5.97 Å². The van der Waals surface area contributed by atoms with Crippen molar-refractivity contribution in [1.82, 2.24) is 9.88 Å². The Morgan fingerprint density at radius 1 is 1.18 bits per heavy atom. The Bertz CT molecular complexity index is 935. The topological polar surface area (TPSA) is 63.5 Å². The minimum atomic E-state index is -0.968. The fourth-order valence-corrected chi connectivity index (χ4v) is 3.39. The largest absolute Gasteiger partial charge is 0.477 e. The van der Waals surface area contributed by atoms with Crippen LogP contribution in [0.1, 0.15) is 35.0 Å². The second-order valence-electron chi connectivity index (χ2n) is 6.59. The number of ether oxygens (including phenoxy) is 1. The van der Waals surface area contributed by atoms with Crippen LogP contribution in [-0.2, 0) is 17.8 Å². The van der Waals surface area contributed by atoms with Crippen molar-refractivity contribution in [2.24, 2.45) is 0 Å². The molecule has 0 aliphatic rings. The first kappa shape index (κ1) is 20.0. The lowest BCUT2D eigenvalue weighted by Gasteiger charge is -2.10. The predicted octanol–water partition coefficient (Wildman–Crippen LogP) is 4.04. The average molecular weight is 384 g/mol. The van der Waals surface area contributed by atoms with Gasteiger partial charge in [0, 0.05) is 42.8 Å². The number of hydrogen-bond acceptors (Lipinski definition) is 3. The third-order valence-corrected chi connectivity index (χ3v) is 4.68. The molecule has 1 heterocycles. The van der Waals surface area contributed by atoms with E-state index in [9.17, 15) is 14.3 Å². The molecule has 0 aliphatic heterocycles. The molecule has 0 unspecified atom stereocenters. The van der Waals surface area contributed by atoms with Gasteiger partial charge in [-0.05, 0) is 43.7 Å². The number of aromatic carboxylic acids is 1. The van der Waals surface area contributed by atoms with Crippen molar-refractivity contribution >= 4 is 16.9 Å². The zero-order valence-electron chi connectivity index (χ0n) is 16.0. The highest BCUT2D eigenvalue weighted by Gasteiger charge is 2.22. The summed E-state index contributed by atoms with van der Waals surface area (Å²) >= 11 is 0. The predicted molar refractivity (Wildman–Crippen MR) is 107 cm³/mol. The SMILES string of the molecule is CCOCCCNCc1c(C(=O)O)n(Cc2ccc(F)cc2)c2ccccc12. The summed E-state index contributed by atoms with van der Waals surface area (Å²) in [7, 11) is 0. The summed E-state index contributed by atoms with van der Waals surface area (Å²) < 4.78 is 20.3. The van der Waals surface area contributed by atoms with Gasteiger partial charge in [-0.15, -0.1) is 0 Å². The molecular formula is C22H25FN2O3. The van der Waals surface area contributed by atoms with Crippen molar-refractivity contribution in [3.8, 4) is 0 Å². The number of nitrogens with one attached hydrogen (secondary N) is 1. The number of carbonyl (C=O) groups is 1. The fraction of sp³-hybridized carbons (Fsp3) is 0.318. The van der Waals surface area contributed by atoms with Crippen LogP contribution >= 0.6 is 0 Å². The smallest absolute Gasteiger partial charge is 0.352 e. The quantitative estimate of drug-likeness (QED) is 0.518. The van der Waals surface area contributed by atoms with Crippen LogP contribution in [0.25, 0.3) is 10.9 Å². The summed E-state index contributed by atoms with van der Waals surface area (Å²) in [4.78, 5) is 12.1. The first-order valence-corrected chi connectivity index (χ1v) is 9.48. The third kappa shape index (κ3) is 4.58. The van der Waals surface area contributed by atoms with Gasteiger partial charge in [0.25, 0.3) is 0 Å². The zero-order valence-corrected chi connectivity index (χ0v) is 16.0. The summed E-state index contributed by atoms with van der Waals surface area (Å²) in [5.41, 5.74) is 2.74. The first-order valence-electron chi connectivity index (χ1n) is 9.48. The molecule has 0 bridgehead atoms. The van der Waals surface area contributed by atoms with Crippen LogP contribution < -0.4 is 5.32 Å². The number of para-hydroxylation sites is 1. The number of rotatable bonds is 10. The van der Waals surface area contributed by atoms with E-state index in [-0.39, 0.29) is 11.5 Å². The first-order chi connectivity index (χ1) is 13.6. The molecule has 0 saturated heterocycles. The van der Waals surface area contributed by atoms with E-state index in [4.69, 9.17) is 4.74 Å². The maximum absolute atomic E-state index is 13.2. The Morgan fingerprint density at radius 2 is 1.93 bits per heavy atom. The van der Waals surface area contributed by atoms with Gasteiger partial charge in [-0.3, -0.25) is 0 Å². The number of fused-ring (bicyclic) bond motifs is 1. The van der Waals surface area contributed by atoms with E-state index in [0.717, 1.165) is 35.0 Å².